The van der Waals surface area contributed by atoms with Crippen LogP contribution in [0.15, 0.2) is 84.9 Å². The summed E-state index contributed by atoms with van der Waals surface area (Å²) in [6.45, 7) is 2.74. The zero-order valence-electron chi connectivity index (χ0n) is 17.0. The zero-order chi connectivity index (χ0) is 20.6. The lowest BCUT2D eigenvalue weighted by Gasteiger charge is -2.17. The molecule has 1 aliphatic heterocycles. The molecule has 1 aliphatic rings. The van der Waals surface area contributed by atoms with Crippen LogP contribution in [0.4, 0.5) is 11.4 Å². The Bertz CT molecular complexity index is 991. The van der Waals surface area contributed by atoms with Crippen molar-refractivity contribution in [2.45, 2.75) is 19.4 Å². The molecular weight excluding hydrogens is 372 g/mol. The van der Waals surface area contributed by atoms with Crippen LogP contribution in [0.5, 0.6) is 5.75 Å². The normalized spacial score (nSPS) is 13.5. The molecule has 0 spiro atoms. The first-order chi connectivity index (χ1) is 14.8. The number of hydrogen-bond donors (Lipinski definition) is 1. The fourth-order valence-corrected chi connectivity index (χ4v) is 3.54. The summed E-state index contributed by atoms with van der Waals surface area (Å²) < 4.78 is 5.85. The van der Waals surface area contributed by atoms with Crippen LogP contribution in [0.25, 0.3) is 6.08 Å². The fraction of sp³-hybridized carbons (Fsp3) is 0.192. The number of anilines is 2. The van der Waals surface area contributed by atoms with Gasteiger partial charge in [-0.05, 0) is 66.4 Å². The smallest absolute Gasteiger partial charge is 0.248 e. The molecule has 3 aromatic rings. The molecule has 0 aliphatic carbocycles. The summed E-state index contributed by atoms with van der Waals surface area (Å²) in [5, 5.41) is 2.92. The lowest BCUT2D eigenvalue weighted by Crippen LogP contribution is -2.17. The van der Waals surface area contributed by atoms with E-state index in [9.17, 15) is 4.79 Å². The van der Waals surface area contributed by atoms with Gasteiger partial charge in [0.15, 0.2) is 0 Å². The molecule has 1 N–H and O–H groups in total. The minimum atomic E-state index is -0.153. The molecule has 3 aromatic carbocycles. The van der Waals surface area contributed by atoms with Crippen LogP contribution in [0.3, 0.4) is 0 Å². The van der Waals surface area contributed by atoms with Crippen LogP contribution < -0.4 is 15.0 Å². The third-order valence-corrected chi connectivity index (χ3v) is 5.14. The van der Waals surface area contributed by atoms with Crippen molar-refractivity contribution >= 4 is 23.4 Å². The molecule has 0 atom stereocenters. The van der Waals surface area contributed by atoms with Crippen LogP contribution in [-0.4, -0.2) is 19.0 Å². The van der Waals surface area contributed by atoms with Crippen LogP contribution in [0, 0.1) is 0 Å². The van der Waals surface area contributed by atoms with E-state index >= 15 is 0 Å². The van der Waals surface area contributed by atoms with Gasteiger partial charge >= 0.3 is 0 Å². The molecule has 152 valence electrons. The monoisotopic (exact) mass is 398 g/mol. The van der Waals surface area contributed by atoms with Crippen molar-refractivity contribution in [2.24, 2.45) is 0 Å². The highest BCUT2D eigenvalue weighted by Crippen LogP contribution is 2.22. The number of carbonyl (C=O) groups is 1. The summed E-state index contributed by atoms with van der Waals surface area (Å²) in [4.78, 5) is 14.7. The number of amides is 1. The maximum absolute atomic E-state index is 12.3. The molecule has 1 fully saturated rings. The number of nitrogens with one attached hydrogen (secondary N) is 1. The molecule has 0 radical (unpaired) electrons. The third kappa shape index (κ3) is 5.51. The molecule has 4 rings (SSSR count). The Hall–Kier alpha value is -3.53. The van der Waals surface area contributed by atoms with E-state index in [1.54, 1.807) is 12.2 Å². The van der Waals surface area contributed by atoms with E-state index in [0.29, 0.717) is 6.61 Å². The number of carbonyl (C=O) groups excluding carboxylic acids is 1. The largest absolute Gasteiger partial charge is 0.489 e. The number of rotatable bonds is 7. The Labute approximate surface area is 177 Å². The summed E-state index contributed by atoms with van der Waals surface area (Å²) in [6, 6.07) is 25.8. The van der Waals surface area contributed by atoms with Gasteiger partial charge in [-0.2, -0.15) is 0 Å². The third-order valence-electron chi connectivity index (χ3n) is 5.14. The van der Waals surface area contributed by atoms with E-state index in [2.05, 4.69) is 22.3 Å². The molecule has 0 bridgehead atoms. The fourth-order valence-electron chi connectivity index (χ4n) is 3.54. The van der Waals surface area contributed by atoms with E-state index < -0.39 is 0 Å². The van der Waals surface area contributed by atoms with E-state index in [0.717, 1.165) is 35.7 Å². The van der Waals surface area contributed by atoms with Crippen LogP contribution in [-0.2, 0) is 11.4 Å². The first-order valence-corrected chi connectivity index (χ1v) is 10.4. The quantitative estimate of drug-likeness (QED) is 0.533. The van der Waals surface area contributed by atoms with Gasteiger partial charge in [-0.15, -0.1) is 0 Å². The van der Waals surface area contributed by atoms with Crippen molar-refractivity contribution in [3.63, 3.8) is 0 Å². The van der Waals surface area contributed by atoms with Gasteiger partial charge in [0.2, 0.25) is 5.91 Å². The number of nitrogens with zero attached hydrogens (tertiary/aromatic N) is 1. The average molecular weight is 399 g/mol. The predicted octanol–water partition coefficient (Wildman–Crippen LogP) is 5.52. The Morgan fingerprint density at radius 1 is 0.933 bits per heavy atom. The predicted molar refractivity (Wildman–Crippen MR) is 123 cm³/mol. The van der Waals surface area contributed by atoms with Gasteiger partial charge in [0.05, 0.1) is 0 Å². The van der Waals surface area contributed by atoms with E-state index in [1.165, 1.54) is 18.5 Å². The number of benzene rings is 3. The second-order valence-electron chi connectivity index (χ2n) is 7.41. The summed E-state index contributed by atoms with van der Waals surface area (Å²) in [6.07, 6.45) is 5.84. The maximum atomic E-state index is 12.3. The second-order valence-corrected chi connectivity index (χ2v) is 7.41. The van der Waals surface area contributed by atoms with Crippen molar-refractivity contribution in [3.05, 3.63) is 96.1 Å². The Morgan fingerprint density at radius 2 is 1.70 bits per heavy atom. The van der Waals surface area contributed by atoms with Gasteiger partial charge < -0.3 is 15.0 Å². The topological polar surface area (TPSA) is 41.6 Å². The van der Waals surface area contributed by atoms with Gasteiger partial charge in [0.25, 0.3) is 0 Å². The van der Waals surface area contributed by atoms with E-state index in [1.807, 2.05) is 66.7 Å². The molecule has 4 heteroatoms. The Morgan fingerprint density at radius 3 is 2.47 bits per heavy atom. The Kier molecular flexibility index (Phi) is 6.45. The number of hydrogen-bond acceptors (Lipinski definition) is 3. The summed E-state index contributed by atoms with van der Waals surface area (Å²) in [5.74, 6) is 0.624. The van der Waals surface area contributed by atoms with Crippen LogP contribution >= 0.6 is 0 Å². The lowest BCUT2D eigenvalue weighted by molar-refractivity contribution is -0.111. The van der Waals surface area contributed by atoms with E-state index in [4.69, 9.17) is 4.74 Å². The van der Waals surface area contributed by atoms with Gasteiger partial charge in [-0.25, -0.2) is 0 Å². The molecule has 1 heterocycles. The summed E-state index contributed by atoms with van der Waals surface area (Å²) in [5.41, 5.74) is 4.05. The first kappa shape index (κ1) is 19.8. The maximum Gasteiger partial charge on any atom is 0.248 e. The SMILES string of the molecule is O=C(/C=C/c1cccc(OCc2ccccc2)c1)Nc1ccc(N2CCCC2)cc1. The van der Waals surface area contributed by atoms with Crippen molar-refractivity contribution in [1.29, 1.82) is 0 Å². The standard InChI is InChI=1S/C26H26N2O2/c29-26(27-23-12-14-24(15-13-23)28-17-4-5-18-28)16-11-21-9-6-10-25(19-21)30-20-22-7-2-1-3-8-22/h1-3,6-16,19H,4-5,17-18,20H2,(H,27,29)/b16-11+. The van der Waals surface area contributed by atoms with Gasteiger partial charge in [0.1, 0.15) is 12.4 Å². The van der Waals surface area contributed by atoms with Crippen molar-refractivity contribution in [3.8, 4) is 5.75 Å². The second kappa shape index (κ2) is 9.79. The highest BCUT2D eigenvalue weighted by atomic mass is 16.5. The highest BCUT2D eigenvalue weighted by molar-refractivity contribution is 6.02. The molecule has 0 unspecified atom stereocenters. The highest BCUT2D eigenvalue weighted by Gasteiger charge is 2.11. The number of ether oxygens (including phenoxy) is 1. The first-order valence-electron chi connectivity index (χ1n) is 10.4. The molecule has 1 saturated heterocycles. The molecule has 30 heavy (non-hydrogen) atoms. The summed E-state index contributed by atoms with van der Waals surface area (Å²) in [7, 11) is 0. The summed E-state index contributed by atoms with van der Waals surface area (Å²) >= 11 is 0. The van der Waals surface area contributed by atoms with Gasteiger partial charge in [-0.1, -0.05) is 42.5 Å². The molecule has 4 nitrogen and oxygen atoms in total. The van der Waals surface area contributed by atoms with Crippen molar-refractivity contribution in [1.82, 2.24) is 0 Å². The van der Waals surface area contributed by atoms with Gasteiger partial charge in [-0.3, -0.25) is 4.79 Å². The van der Waals surface area contributed by atoms with E-state index in [-0.39, 0.29) is 5.91 Å². The molecule has 0 saturated carbocycles. The van der Waals surface area contributed by atoms with Crippen molar-refractivity contribution in [2.75, 3.05) is 23.3 Å². The molecule has 0 aromatic heterocycles. The van der Waals surface area contributed by atoms with Crippen LogP contribution in [0.2, 0.25) is 0 Å². The zero-order valence-corrected chi connectivity index (χ0v) is 17.0. The van der Waals surface area contributed by atoms with Gasteiger partial charge in [0, 0.05) is 30.5 Å². The lowest BCUT2D eigenvalue weighted by atomic mass is 10.2. The molecular formula is C26H26N2O2. The minimum Gasteiger partial charge on any atom is -0.489 e. The van der Waals surface area contributed by atoms with Crippen molar-refractivity contribution < 1.29 is 9.53 Å². The van der Waals surface area contributed by atoms with Crippen LogP contribution in [0.1, 0.15) is 24.0 Å². The average Bonchev–Trinajstić information content (AvgIpc) is 3.33. The molecule has 1 amide bonds. The minimum absolute atomic E-state index is 0.153. The Balaban J connectivity index is 1.31.